The molecule has 1 N–H and O–H groups in total. The van der Waals surface area contributed by atoms with Crippen LogP contribution in [0.4, 0.5) is 8.78 Å². The fourth-order valence-electron chi connectivity index (χ4n) is 1.06. The number of benzene rings is 1. The summed E-state index contributed by atoms with van der Waals surface area (Å²) in [7, 11) is 1.78. The third kappa shape index (κ3) is 2.96. The second kappa shape index (κ2) is 5.54. The fraction of sp³-hybridized carbons (Fsp3) is 0.400. The molecule has 0 heterocycles. The molecule has 1 aromatic carbocycles. The van der Waals surface area contributed by atoms with Gasteiger partial charge in [0.1, 0.15) is 12.4 Å². The molecule has 0 saturated carbocycles. The Labute approximate surface area is 81.9 Å². The van der Waals surface area contributed by atoms with Gasteiger partial charge in [-0.3, -0.25) is 0 Å². The summed E-state index contributed by atoms with van der Waals surface area (Å²) in [4.78, 5) is 0. The SMILES string of the molecule is CNCCOc1ccccc1C(F)F. The first-order valence-corrected chi connectivity index (χ1v) is 4.40. The molecule has 0 aliphatic heterocycles. The molecule has 0 unspecified atom stereocenters. The van der Waals surface area contributed by atoms with E-state index in [-0.39, 0.29) is 11.3 Å². The molecule has 4 heteroatoms. The summed E-state index contributed by atoms with van der Waals surface area (Å²) >= 11 is 0. The molecule has 0 amide bonds. The van der Waals surface area contributed by atoms with Crippen LogP contribution in [0.3, 0.4) is 0 Å². The molecule has 14 heavy (non-hydrogen) atoms. The number of halogens is 2. The highest BCUT2D eigenvalue weighted by Gasteiger charge is 2.12. The van der Waals surface area contributed by atoms with Gasteiger partial charge in [0.2, 0.25) is 0 Å². The van der Waals surface area contributed by atoms with E-state index in [1.54, 1.807) is 25.2 Å². The van der Waals surface area contributed by atoms with Crippen LogP contribution in [0.25, 0.3) is 0 Å². The molecule has 0 saturated heterocycles. The van der Waals surface area contributed by atoms with Gasteiger partial charge in [-0.25, -0.2) is 8.78 Å². The fourth-order valence-corrected chi connectivity index (χ4v) is 1.06. The Balaban J connectivity index is 2.64. The van der Waals surface area contributed by atoms with Crippen LogP contribution in [0.15, 0.2) is 24.3 Å². The zero-order valence-corrected chi connectivity index (χ0v) is 7.97. The summed E-state index contributed by atoms with van der Waals surface area (Å²) in [6, 6.07) is 6.18. The lowest BCUT2D eigenvalue weighted by Gasteiger charge is -2.10. The first kappa shape index (κ1) is 10.9. The molecule has 0 aliphatic carbocycles. The van der Waals surface area contributed by atoms with Crippen molar-refractivity contribution in [3.63, 3.8) is 0 Å². The van der Waals surface area contributed by atoms with Gasteiger partial charge in [0.05, 0.1) is 5.56 Å². The zero-order valence-electron chi connectivity index (χ0n) is 7.97. The highest BCUT2D eigenvalue weighted by Crippen LogP contribution is 2.28. The van der Waals surface area contributed by atoms with E-state index in [0.717, 1.165) is 0 Å². The van der Waals surface area contributed by atoms with E-state index in [1.165, 1.54) is 6.07 Å². The van der Waals surface area contributed by atoms with Crippen LogP contribution in [-0.4, -0.2) is 20.2 Å². The zero-order chi connectivity index (χ0) is 10.4. The van der Waals surface area contributed by atoms with E-state index < -0.39 is 6.43 Å². The van der Waals surface area contributed by atoms with Crippen LogP contribution in [0.5, 0.6) is 5.75 Å². The lowest BCUT2D eigenvalue weighted by atomic mass is 10.2. The maximum atomic E-state index is 12.4. The van der Waals surface area contributed by atoms with Crippen molar-refractivity contribution < 1.29 is 13.5 Å². The number of alkyl halides is 2. The summed E-state index contributed by atoms with van der Waals surface area (Å²) in [5, 5.41) is 2.87. The topological polar surface area (TPSA) is 21.3 Å². The van der Waals surface area contributed by atoms with Gasteiger partial charge < -0.3 is 10.1 Å². The Kier molecular flexibility index (Phi) is 4.32. The number of hydrogen-bond donors (Lipinski definition) is 1. The molecular formula is C10H13F2NO. The Morgan fingerprint density at radius 3 is 2.71 bits per heavy atom. The Hall–Kier alpha value is -1.16. The summed E-state index contributed by atoms with van der Waals surface area (Å²) in [5.41, 5.74) is -0.0522. The van der Waals surface area contributed by atoms with E-state index in [4.69, 9.17) is 4.74 Å². The Morgan fingerprint density at radius 1 is 1.36 bits per heavy atom. The molecule has 0 spiro atoms. The second-order valence-electron chi connectivity index (χ2n) is 2.79. The molecular weight excluding hydrogens is 188 g/mol. The molecule has 1 rings (SSSR count). The molecule has 2 nitrogen and oxygen atoms in total. The number of rotatable bonds is 5. The quantitative estimate of drug-likeness (QED) is 0.737. The molecule has 78 valence electrons. The van der Waals surface area contributed by atoms with E-state index in [0.29, 0.717) is 13.2 Å². The van der Waals surface area contributed by atoms with Crippen LogP contribution in [0, 0.1) is 0 Å². The monoisotopic (exact) mass is 201 g/mol. The van der Waals surface area contributed by atoms with Crippen molar-refractivity contribution in [1.29, 1.82) is 0 Å². The van der Waals surface area contributed by atoms with E-state index in [1.807, 2.05) is 0 Å². The maximum Gasteiger partial charge on any atom is 0.267 e. The predicted molar refractivity (Wildman–Crippen MR) is 50.8 cm³/mol. The summed E-state index contributed by atoms with van der Waals surface area (Å²) in [6.45, 7) is 1.03. The van der Waals surface area contributed by atoms with Crippen LogP contribution in [0.2, 0.25) is 0 Å². The van der Waals surface area contributed by atoms with E-state index in [9.17, 15) is 8.78 Å². The van der Waals surface area contributed by atoms with E-state index >= 15 is 0 Å². The molecule has 0 atom stereocenters. The summed E-state index contributed by atoms with van der Waals surface area (Å²) in [5.74, 6) is 0.262. The minimum Gasteiger partial charge on any atom is -0.492 e. The minimum absolute atomic E-state index is 0.0522. The molecule has 0 fully saturated rings. The standard InChI is InChI=1S/C10H13F2NO/c1-13-6-7-14-9-5-3-2-4-8(9)10(11)12/h2-5,10,13H,6-7H2,1H3. The molecule has 0 radical (unpaired) electrons. The van der Waals surface area contributed by atoms with Crippen LogP contribution >= 0.6 is 0 Å². The molecule has 0 bridgehead atoms. The Bertz CT molecular complexity index is 279. The smallest absolute Gasteiger partial charge is 0.267 e. The van der Waals surface area contributed by atoms with Crippen molar-refractivity contribution in [2.75, 3.05) is 20.2 Å². The van der Waals surface area contributed by atoms with Crippen molar-refractivity contribution in [1.82, 2.24) is 5.32 Å². The summed E-state index contributed by atoms with van der Waals surface area (Å²) in [6.07, 6.45) is -2.49. The average Bonchev–Trinajstić information content (AvgIpc) is 2.19. The second-order valence-corrected chi connectivity index (χ2v) is 2.79. The van der Waals surface area contributed by atoms with Gasteiger partial charge in [0.15, 0.2) is 0 Å². The average molecular weight is 201 g/mol. The highest BCUT2D eigenvalue weighted by molar-refractivity contribution is 5.34. The first-order chi connectivity index (χ1) is 6.75. The van der Waals surface area contributed by atoms with Crippen molar-refractivity contribution in [3.05, 3.63) is 29.8 Å². The highest BCUT2D eigenvalue weighted by atomic mass is 19.3. The van der Waals surface area contributed by atoms with Gasteiger partial charge in [0.25, 0.3) is 6.43 Å². The van der Waals surface area contributed by atoms with Gasteiger partial charge in [0, 0.05) is 6.54 Å². The number of hydrogen-bond acceptors (Lipinski definition) is 2. The molecule has 1 aromatic rings. The van der Waals surface area contributed by atoms with Gasteiger partial charge in [-0.1, -0.05) is 12.1 Å². The van der Waals surface area contributed by atoms with Crippen LogP contribution < -0.4 is 10.1 Å². The predicted octanol–water partition coefficient (Wildman–Crippen LogP) is 2.22. The molecule has 0 aliphatic rings. The normalized spacial score (nSPS) is 10.6. The lowest BCUT2D eigenvalue weighted by molar-refractivity contribution is 0.145. The summed E-state index contributed by atoms with van der Waals surface area (Å²) < 4.78 is 30.1. The van der Waals surface area contributed by atoms with Gasteiger partial charge in [-0.05, 0) is 19.2 Å². The Morgan fingerprint density at radius 2 is 2.07 bits per heavy atom. The number of nitrogens with one attached hydrogen (secondary N) is 1. The molecule has 0 aromatic heterocycles. The van der Waals surface area contributed by atoms with Gasteiger partial charge >= 0.3 is 0 Å². The van der Waals surface area contributed by atoms with Crippen molar-refractivity contribution in [3.8, 4) is 5.75 Å². The van der Waals surface area contributed by atoms with Gasteiger partial charge in [-0.2, -0.15) is 0 Å². The van der Waals surface area contributed by atoms with Crippen LogP contribution in [0.1, 0.15) is 12.0 Å². The lowest BCUT2D eigenvalue weighted by Crippen LogP contribution is -2.16. The van der Waals surface area contributed by atoms with Crippen molar-refractivity contribution >= 4 is 0 Å². The van der Waals surface area contributed by atoms with Crippen molar-refractivity contribution in [2.45, 2.75) is 6.43 Å². The maximum absolute atomic E-state index is 12.4. The van der Waals surface area contributed by atoms with E-state index in [2.05, 4.69) is 5.32 Å². The number of ether oxygens (including phenoxy) is 1. The van der Waals surface area contributed by atoms with Crippen LogP contribution in [-0.2, 0) is 0 Å². The first-order valence-electron chi connectivity index (χ1n) is 4.40. The minimum atomic E-state index is -2.49. The third-order valence-electron chi connectivity index (χ3n) is 1.76. The van der Waals surface area contributed by atoms with Gasteiger partial charge in [-0.15, -0.1) is 0 Å². The third-order valence-corrected chi connectivity index (χ3v) is 1.76. The number of para-hydroxylation sites is 1. The number of likely N-dealkylation sites (N-methyl/N-ethyl adjacent to an activating group) is 1. The van der Waals surface area contributed by atoms with Crippen molar-refractivity contribution in [2.24, 2.45) is 0 Å². The largest absolute Gasteiger partial charge is 0.492 e.